The summed E-state index contributed by atoms with van der Waals surface area (Å²) in [6.07, 6.45) is 4.68. The third kappa shape index (κ3) is 11.0. The van der Waals surface area contributed by atoms with E-state index in [1.807, 2.05) is 11.3 Å². The van der Waals surface area contributed by atoms with E-state index in [1.165, 1.54) is 52.6 Å². The monoisotopic (exact) mass is 635 g/mol. The first-order valence-electron chi connectivity index (χ1n) is 14.2. The number of hydrogen-bond donors (Lipinski definition) is 0. The van der Waals surface area contributed by atoms with Crippen molar-refractivity contribution in [2.75, 3.05) is 26.7 Å². The second kappa shape index (κ2) is 16.9. The zero-order valence-corrected chi connectivity index (χ0v) is 25.7. The number of imidazole rings is 1. The first kappa shape index (κ1) is 34.7. The van der Waals surface area contributed by atoms with Gasteiger partial charge < -0.3 is 53.8 Å². The molecule has 5 rings (SSSR count). The number of likely N-dealkylation sites (tertiary alicyclic amines) is 1. The van der Waals surface area contributed by atoms with Gasteiger partial charge in [0.05, 0.1) is 48.6 Å². The number of carboxylic acids is 4. The molecule has 2 aromatic carbocycles. The van der Waals surface area contributed by atoms with E-state index >= 15 is 0 Å². The maximum atomic E-state index is 8.93. The molecule has 4 aromatic rings. The Morgan fingerprint density at radius 1 is 0.867 bits per heavy atom. The average Bonchev–Trinajstić information content (AvgIpc) is 3.60. The summed E-state index contributed by atoms with van der Waals surface area (Å²) >= 11 is 1.89. The summed E-state index contributed by atoms with van der Waals surface area (Å²) in [5, 5.41) is 35.7. The number of fused-ring (bicyclic) bond motifs is 1. The van der Waals surface area contributed by atoms with E-state index < -0.39 is 23.9 Å². The molecule has 0 saturated carbocycles. The lowest BCUT2D eigenvalue weighted by atomic mass is 9.93. The second-order valence-corrected chi connectivity index (χ2v) is 11.7. The quantitative estimate of drug-likeness (QED) is 0.214. The standard InChI is InChI=1S/C28H33N3OS.2C2H2O4/c1-21-7-12-25(33-21)20-31-27-6-4-3-5-26(27)29-28(31)19-23-14-17-30(18-15-23)16-13-22-8-10-24(32-2)11-9-22;2*3-1(4)2(5)6/h3-12,23H,13-20H2,1-2H3;2*(H,3,4)(H,5,6)/p-4. The topological polar surface area (TPSA) is 191 Å². The van der Waals surface area contributed by atoms with Gasteiger partial charge in [-0.3, -0.25) is 0 Å². The van der Waals surface area contributed by atoms with Crippen molar-refractivity contribution < 1.29 is 44.3 Å². The number of nitrogens with zero attached hydrogens (tertiary/aromatic N) is 3. The van der Waals surface area contributed by atoms with Crippen LogP contribution in [0.1, 0.15) is 34.0 Å². The summed E-state index contributed by atoms with van der Waals surface area (Å²) in [6, 6.07) is 21.6. The smallest absolute Gasteiger partial charge is 0.118 e. The molecule has 0 atom stereocenters. The molecule has 240 valence electrons. The Balaban J connectivity index is 0.000000392. The van der Waals surface area contributed by atoms with E-state index in [2.05, 4.69) is 77.1 Å². The predicted octanol–water partition coefficient (Wildman–Crippen LogP) is -1.07. The summed E-state index contributed by atoms with van der Waals surface area (Å²) in [6.45, 7) is 6.62. The Kier molecular flexibility index (Phi) is 13.1. The molecule has 0 N–H and O–H groups in total. The molecule has 3 heterocycles. The Hall–Kier alpha value is -4.75. The average molecular weight is 636 g/mol. The van der Waals surface area contributed by atoms with Crippen LogP contribution in [0.15, 0.2) is 60.7 Å². The molecule has 0 unspecified atom stereocenters. The molecular weight excluding hydrogens is 602 g/mol. The maximum Gasteiger partial charge on any atom is 0.118 e. The number of aryl methyl sites for hydroxylation is 1. The summed E-state index contributed by atoms with van der Waals surface area (Å²) < 4.78 is 7.72. The van der Waals surface area contributed by atoms with Crippen LogP contribution >= 0.6 is 11.3 Å². The van der Waals surface area contributed by atoms with Crippen molar-refractivity contribution >= 4 is 46.2 Å². The number of piperidine rings is 1. The highest BCUT2D eigenvalue weighted by Crippen LogP contribution is 2.26. The van der Waals surface area contributed by atoms with Crippen LogP contribution in [0.3, 0.4) is 0 Å². The summed E-state index contributed by atoms with van der Waals surface area (Å²) in [7, 11) is 1.72. The minimum atomic E-state index is -2.19. The van der Waals surface area contributed by atoms with E-state index in [0.717, 1.165) is 37.2 Å². The molecular formula is C32H33N3O9S-4. The lowest BCUT2D eigenvalue weighted by Gasteiger charge is -2.32. The highest BCUT2D eigenvalue weighted by molar-refractivity contribution is 7.11. The van der Waals surface area contributed by atoms with Gasteiger partial charge in [-0.15, -0.1) is 11.3 Å². The molecule has 12 nitrogen and oxygen atoms in total. The van der Waals surface area contributed by atoms with Crippen LogP contribution in [0.2, 0.25) is 0 Å². The van der Waals surface area contributed by atoms with Gasteiger partial charge in [-0.1, -0.05) is 24.3 Å². The first-order chi connectivity index (χ1) is 21.5. The van der Waals surface area contributed by atoms with Gasteiger partial charge in [-0.05, 0) is 87.2 Å². The Morgan fingerprint density at radius 3 is 2.00 bits per heavy atom. The van der Waals surface area contributed by atoms with Crippen LogP contribution in [0.4, 0.5) is 0 Å². The van der Waals surface area contributed by atoms with Crippen LogP contribution in [0.5, 0.6) is 5.75 Å². The maximum absolute atomic E-state index is 8.93. The number of benzene rings is 2. The second-order valence-electron chi connectivity index (χ2n) is 10.4. The number of para-hydroxylation sites is 2. The number of aromatic nitrogens is 2. The fourth-order valence-corrected chi connectivity index (χ4v) is 5.81. The molecule has 1 fully saturated rings. The molecule has 0 aliphatic carbocycles. The summed E-state index contributed by atoms with van der Waals surface area (Å²) in [5.74, 6) is -5.85. The molecule has 2 aromatic heterocycles. The highest BCUT2D eigenvalue weighted by atomic mass is 32.1. The number of rotatable bonds is 8. The zero-order valence-electron chi connectivity index (χ0n) is 24.9. The van der Waals surface area contributed by atoms with E-state index in [4.69, 9.17) is 49.3 Å². The van der Waals surface area contributed by atoms with Gasteiger partial charge in [0.25, 0.3) is 0 Å². The minimum Gasteiger partial charge on any atom is -0.543 e. The van der Waals surface area contributed by atoms with Crippen molar-refractivity contribution in [2.45, 2.75) is 39.2 Å². The van der Waals surface area contributed by atoms with Crippen LogP contribution in [-0.2, 0) is 38.6 Å². The summed E-state index contributed by atoms with van der Waals surface area (Å²) in [5.41, 5.74) is 3.77. The number of ether oxygens (including phenoxy) is 1. The van der Waals surface area contributed by atoms with Crippen molar-refractivity contribution in [2.24, 2.45) is 5.92 Å². The molecule has 0 bridgehead atoms. The van der Waals surface area contributed by atoms with Crippen LogP contribution in [0, 0.1) is 12.8 Å². The van der Waals surface area contributed by atoms with E-state index in [0.29, 0.717) is 5.92 Å². The SMILES string of the molecule is COc1ccc(CCN2CCC(Cc3nc4ccccc4n3Cc3ccc(C)s3)CC2)cc1.O=C([O-])C(=O)[O-].O=C([O-])C(=O)[O-]. The predicted molar refractivity (Wildman–Crippen MR) is 157 cm³/mol. The number of aliphatic carboxylic acids is 4. The molecule has 0 amide bonds. The normalized spacial score (nSPS) is 13.2. The number of carbonyl (C=O) groups excluding carboxylic acids is 4. The number of hydrogen-bond acceptors (Lipinski definition) is 12. The van der Waals surface area contributed by atoms with Gasteiger partial charge in [-0.2, -0.15) is 0 Å². The van der Waals surface area contributed by atoms with Crippen LogP contribution in [-0.4, -0.2) is 65.1 Å². The Morgan fingerprint density at radius 2 is 1.47 bits per heavy atom. The fraction of sp³-hybridized carbons (Fsp3) is 0.344. The van der Waals surface area contributed by atoms with E-state index in [-0.39, 0.29) is 0 Å². The fourth-order valence-electron chi connectivity index (χ4n) is 4.94. The minimum absolute atomic E-state index is 0.711. The number of thiophene rings is 1. The number of carboxylic acid groups (broad SMARTS) is 4. The van der Waals surface area contributed by atoms with Gasteiger partial charge in [0.1, 0.15) is 11.6 Å². The van der Waals surface area contributed by atoms with Crippen molar-refractivity contribution in [1.82, 2.24) is 14.5 Å². The van der Waals surface area contributed by atoms with E-state index in [9.17, 15) is 0 Å². The highest BCUT2D eigenvalue weighted by Gasteiger charge is 2.22. The van der Waals surface area contributed by atoms with Crippen molar-refractivity contribution in [3.8, 4) is 5.75 Å². The lowest BCUT2D eigenvalue weighted by Crippen LogP contribution is -2.42. The molecule has 0 spiro atoms. The molecule has 1 aliphatic rings. The lowest BCUT2D eigenvalue weighted by molar-refractivity contribution is -0.345. The molecule has 1 aliphatic heterocycles. The Labute approximate surface area is 264 Å². The van der Waals surface area contributed by atoms with Crippen LogP contribution in [0.25, 0.3) is 11.0 Å². The van der Waals surface area contributed by atoms with Crippen LogP contribution < -0.4 is 25.2 Å². The van der Waals surface area contributed by atoms with Crippen molar-refractivity contribution in [1.29, 1.82) is 0 Å². The Bertz CT molecular complexity index is 1540. The number of methoxy groups -OCH3 is 1. The van der Waals surface area contributed by atoms with Gasteiger partial charge in [0.2, 0.25) is 0 Å². The molecule has 45 heavy (non-hydrogen) atoms. The molecule has 13 heteroatoms. The van der Waals surface area contributed by atoms with Crippen molar-refractivity contribution in [3.05, 3.63) is 81.8 Å². The third-order valence-electron chi connectivity index (χ3n) is 7.23. The largest absolute Gasteiger partial charge is 0.543 e. The van der Waals surface area contributed by atoms with Gasteiger partial charge >= 0.3 is 0 Å². The van der Waals surface area contributed by atoms with Gasteiger partial charge in [0, 0.05) is 22.7 Å². The van der Waals surface area contributed by atoms with Gasteiger partial charge in [0.15, 0.2) is 0 Å². The summed E-state index contributed by atoms with van der Waals surface area (Å²) in [4.78, 5) is 46.2. The molecule has 0 radical (unpaired) electrons. The third-order valence-corrected chi connectivity index (χ3v) is 8.22. The zero-order chi connectivity index (χ0) is 32.9. The number of carbonyl (C=O) groups is 4. The van der Waals surface area contributed by atoms with Crippen molar-refractivity contribution in [3.63, 3.8) is 0 Å². The first-order valence-corrected chi connectivity index (χ1v) is 15.0. The molecule has 1 saturated heterocycles. The van der Waals surface area contributed by atoms with E-state index in [1.54, 1.807) is 7.11 Å². The van der Waals surface area contributed by atoms with Gasteiger partial charge in [-0.25, -0.2) is 4.98 Å².